The SMILES string of the molecule is O=C(CCC(F)(F)F)N1CCC(c2ccc(F)nc2F)CC1. The molecule has 0 aliphatic carbocycles. The van der Waals surface area contributed by atoms with Crippen molar-refractivity contribution in [3.05, 3.63) is 29.6 Å². The molecule has 2 rings (SSSR count). The number of pyridine rings is 1. The molecule has 1 aliphatic rings. The van der Waals surface area contributed by atoms with Crippen LogP contribution in [-0.2, 0) is 4.79 Å². The average molecular weight is 322 g/mol. The second-order valence-electron chi connectivity index (χ2n) is 5.28. The van der Waals surface area contributed by atoms with E-state index in [1.807, 2.05) is 0 Å². The highest BCUT2D eigenvalue weighted by atomic mass is 19.4. The first-order valence-corrected chi connectivity index (χ1v) is 6.93. The molecule has 1 amide bonds. The summed E-state index contributed by atoms with van der Waals surface area (Å²) in [5.74, 6) is -2.53. The van der Waals surface area contributed by atoms with Crippen LogP contribution in [0.1, 0.15) is 37.2 Å². The summed E-state index contributed by atoms with van der Waals surface area (Å²) in [5, 5.41) is 0. The first-order chi connectivity index (χ1) is 10.3. The predicted molar refractivity (Wildman–Crippen MR) is 68.0 cm³/mol. The molecule has 0 bridgehead atoms. The zero-order valence-electron chi connectivity index (χ0n) is 11.7. The fourth-order valence-corrected chi connectivity index (χ4v) is 2.57. The molecule has 3 nitrogen and oxygen atoms in total. The minimum Gasteiger partial charge on any atom is -0.343 e. The lowest BCUT2D eigenvalue weighted by Gasteiger charge is -2.32. The van der Waals surface area contributed by atoms with E-state index in [4.69, 9.17) is 0 Å². The van der Waals surface area contributed by atoms with E-state index in [1.54, 1.807) is 0 Å². The molecule has 8 heteroatoms. The van der Waals surface area contributed by atoms with Crippen molar-refractivity contribution in [1.29, 1.82) is 0 Å². The minimum atomic E-state index is -4.35. The van der Waals surface area contributed by atoms with Gasteiger partial charge >= 0.3 is 6.18 Å². The highest BCUT2D eigenvalue weighted by Gasteiger charge is 2.31. The maximum Gasteiger partial charge on any atom is 0.389 e. The third-order valence-electron chi connectivity index (χ3n) is 3.75. The van der Waals surface area contributed by atoms with Crippen LogP contribution >= 0.6 is 0 Å². The van der Waals surface area contributed by atoms with Crippen LogP contribution in [0.3, 0.4) is 0 Å². The number of likely N-dealkylation sites (tertiary alicyclic amines) is 1. The van der Waals surface area contributed by atoms with Gasteiger partial charge < -0.3 is 4.90 Å². The Labute approximate surface area is 124 Å². The molecular weight excluding hydrogens is 307 g/mol. The van der Waals surface area contributed by atoms with Crippen molar-refractivity contribution in [1.82, 2.24) is 9.88 Å². The van der Waals surface area contributed by atoms with Gasteiger partial charge in [-0.2, -0.15) is 26.9 Å². The van der Waals surface area contributed by atoms with Gasteiger partial charge in [-0.25, -0.2) is 0 Å². The predicted octanol–water partition coefficient (Wildman–Crippen LogP) is 3.41. The monoisotopic (exact) mass is 322 g/mol. The lowest BCUT2D eigenvalue weighted by atomic mass is 9.90. The number of nitrogens with zero attached hydrogens (tertiary/aromatic N) is 2. The number of halogens is 5. The second kappa shape index (κ2) is 6.58. The fraction of sp³-hybridized carbons (Fsp3) is 0.571. The summed E-state index contributed by atoms with van der Waals surface area (Å²) < 4.78 is 62.6. The van der Waals surface area contributed by atoms with E-state index in [0.717, 1.165) is 6.07 Å². The Hall–Kier alpha value is -1.73. The molecule has 0 N–H and O–H groups in total. The third-order valence-corrected chi connectivity index (χ3v) is 3.75. The van der Waals surface area contributed by atoms with Crippen molar-refractivity contribution in [2.75, 3.05) is 13.1 Å². The number of carbonyl (C=O) groups excluding carboxylic acids is 1. The molecule has 1 aliphatic heterocycles. The number of alkyl halides is 3. The fourth-order valence-electron chi connectivity index (χ4n) is 2.57. The molecular formula is C14H15F5N2O. The molecule has 1 aromatic rings. The van der Waals surface area contributed by atoms with Crippen LogP contribution in [0.15, 0.2) is 12.1 Å². The van der Waals surface area contributed by atoms with E-state index in [2.05, 4.69) is 4.98 Å². The smallest absolute Gasteiger partial charge is 0.343 e. The van der Waals surface area contributed by atoms with E-state index in [9.17, 15) is 26.7 Å². The van der Waals surface area contributed by atoms with E-state index in [0.29, 0.717) is 12.8 Å². The van der Waals surface area contributed by atoms with Gasteiger partial charge in [-0.15, -0.1) is 0 Å². The van der Waals surface area contributed by atoms with Crippen LogP contribution in [0.2, 0.25) is 0 Å². The van der Waals surface area contributed by atoms with Crippen LogP contribution in [0.25, 0.3) is 0 Å². The molecule has 1 fully saturated rings. The van der Waals surface area contributed by atoms with Crippen molar-refractivity contribution in [2.45, 2.75) is 37.8 Å². The van der Waals surface area contributed by atoms with Gasteiger partial charge in [0.25, 0.3) is 0 Å². The third kappa shape index (κ3) is 4.38. The number of rotatable bonds is 3. The topological polar surface area (TPSA) is 33.2 Å². The molecule has 0 radical (unpaired) electrons. The highest BCUT2D eigenvalue weighted by Crippen LogP contribution is 2.30. The van der Waals surface area contributed by atoms with Crippen LogP contribution < -0.4 is 0 Å². The largest absolute Gasteiger partial charge is 0.389 e. The summed E-state index contributed by atoms with van der Waals surface area (Å²) in [6.45, 7) is 0.524. The van der Waals surface area contributed by atoms with Gasteiger partial charge in [0.1, 0.15) is 0 Å². The number of hydrogen-bond donors (Lipinski definition) is 0. The zero-order valence-corrected chi connectivity index (χ0v) is 11.7. The summed E-state index contributed by atoms with van der Waals surface area (Å²) >= 11 is 0. The highest BCUT2D eigenvalue weighted by molar-refractivity contribution is 5.76. The Morgan fingerprint density at radius 2 is 1.86 bits per heavy atom. The van der Waals surface area contributed by atoms with E-state index >= 15 is 0 Å². The lowest BCUT2D eigenvalue weighted by molar-refractivity contribution is -0.149. The number of amides is 1. The number of piperidine rings is 1. The molecule has 0 spiro atoms. The Kier molecular flexibility index (Phi) is 4.97. The summed E-state index contributed by atoms with van der Waals surface area (Å²) in [7, 11) is 0. The summed E-state index contributed by atoms with van der Waals surface area (Å²) in [6, 6.07) is 2.39. The molecule has 0 aromatic carbocycles. The van der Waals surface area contributed by atoms with E-state index in [1.165, 1.54) is 11.0 Å². The summed E-state index contributed by atoms with van der Waals surface area (Å²) in [6.07, 6.45) is -5.22. The van der Waals surface area contributed by atoms with Gasteiger partial charge in [0.2, 0.25) is 17.8 Å². The number of hydrogen-bond acceptors (Lipinski definition) is 2. The molecule has 2 heterocycles. The van der Waals surface area contributed by atoms with Crippen LogP contribution in [0.4, 0.5) is 22.0 Å². The maximum atomic E-state index is 13.6. The minimum absolute atomic E-state index is 0.209. The summed E-state index contributed by atoms with van der Waals surface area (Å²) in [4.78, 5) is 16.2. The van der Waals surface area contributed by atoms with Crippen molar-refractivity contribution in [3.8, 4) is 0 Å². The number of carbonyl (C=O) groups is 1. The van der Waals surface area contributed by atoms with Crippen LogP contribution in [-0.4, -0.2) is 35.1 Å². The van der Waals surface area contributed by atoms with Crippen molar-refractivity contribution in [3.63, 3.8) is 0 Å². The molecule has 0 saturated carbocycles. The van der Waals surface area contributed by atoms with Gasteiger partial charge in [-0.05, 0) is 30.9 Å². The second-order valence-corrected chi connectivity index (χ2v) is 5.28. The van der Waals surface area contributed by atoms with Crippen molar-refractivity contribution >= 4 is 5.91 Å². The van der Waals surface area contributed by atoms with Gasteiger partial charge in [-0.1, -0.05) is 0 Å². The van der Waals surface area contributed by atoms with Gasteiger partial charge in [0.05, 0.1) is 6.42 Å². The molecule has 0 unspecified atom stereocenters. The molecule has 22 heavy (non-hydrogen) atoms. The van der Waals surface area contributed by atoms with Gasteiger partial charge in [0.15, 0.2) is 0 Å². The molecule has 1 aromatic heterocycles. The number of aromatic nitrogens is 1. The van der Waals surface area contributed by atoms with Gasteiger partial charge in [0, 0.05) is 25.1 Å². The van der Waals surface area contributed by atoms with Crippen molar-refractivity contribution < 1.29 is 26.7 Å². The van der Waals surface area contributed by atoms with Gasteiger partial charge in [-0.3, -0.25) is 4.79 Å². The maximum absolute atomic E-state index is 13.6. The Morgan fingerprint density at radius 1 is 1.23 bits per heavy atom. The normalized spacial score (nSPS) is 16.9. The first-order valence-electron chi connectivity index (χ1n) is 6.93. The zero-order chi connectivity index (χ0) is 16.3. The lowest BCUT2D eigenvalue weighted by Crippen LogP contribution is -2.38. The van der Waals surface area contributed by atoms with E-state index in [-0.39, 0.29) is 24.6 Å². The van der Waals surface area contributed by atoms with Crippen molar-refractivity contribution in [2.24, 2.45) is 0 Å². The average Bonchev–Trinajstić information content (AvgIpc) is 2.44. The molecule has 1 saturated heterocycles. The molecule has 122 valence electrons. The molecule has 0 atom stereocenters. The standard InChI is InChI=1S/C14H15F5N2O/c15-11-2-1-10(13(16)20-11)9-4-7-21(8-5-9)12(22)3-6-14(17,18)19/h1-2,9H,3-8H2. The van der Waals surface area contributed by atoms with Crippen LogP contribution in [0.5, 0.6) is 0 Å². The Bertz CT molecular complexity index is 539. The van der Waals surface area contributed by atoms with Crippen LogP contribution in [0, 0.1) is 11.9 Å². The Balaban J connectivity index is 1.89. The Morgan fingerprint density at radius 3 is 2.41 bits per heavy atom. The quantitative estimate of drug-likeness (QED) is 0.631. The van der Waals surface area contributed by atoms with E-state index < -0.39 is 36.8 Å². The summed E-state index contributed by atoms with van der Waals surface area (Å²) in [5.41, 5.74) is 0.281. The first kappa shape index (κ1) is 16.6.